The van der Waals surface area contributed by atoms with Gasteiger partial charge >= 0.3 is 0 Å². The Balaban J connectivity index is 3.21. The van der Waals surface area contributed by atoms with Crippen molar-refractivity contribution in [2.45, 2.75) is 71.6 Å². The quantitative estimate of drug-likeness (QED) is 0.440. The average Bonchev–Trinajstić information content (AvgIpc) is 2.26. The first-order chi connectivity index (χ1) is 7.41. The molecule has 0 fully saturated rings. The van der Waals surface area contributed by atoms with Crippen LogP contribution >= 0.6 is 0 Å². The van der Waals surface area contributed by atoms with Gasteiger partial charge in [0.2, 0.25) is 0 Å². The van der Waals surface area contributed by atoms with Crippen molar-refractivity contribution in [2.75, 3.05) is 0 Å². The summed E-state index contributed by atoms with van der Waals surface area (Å²) in [6, 6.07) is 0. The summed E-state index contributed by atoms with van der Waals surface area (Å²) in [6.07, 6.45) is 10.6. The summed E-state index contributed by atoms with van der Waals surface area (Å²) < 4.78 is 0. The minimum absolute atomic E-state index is 0.759. The third kappa shape index (κ3) is 13.1. The molecule has 0 aliphatic rings. The summed E-state index contributed by atoms with van der Waals surface area (Å²) >= 11 is 0. The predicted octanol–water partition coefficient (Wildman–Crippen LogP) is 4.54. The van der Waals surface area contributed by atoms with Crippen molar-refractivity contribution in [3.05, 3.63) is 0 Å². The van der Waals surface area contributed by atoms with Gasteiger partial charge in [-0.1, -0.05) is 51.4 Å². The molecule has 0 N–H and O–H groups in total. The second-order valence-electron chi connectivity index (χ2n) is 3.80. The fourth-order valence-electron chi connectivity index (χ4n) is 1.29. The van der Waals surface area contributed by atoms with Gasteiger partial charge < -0.3 is 0 Å². The van der Waals surface area contributed by atoms with Crippen molar-refractivity contribution in [3.8, 4) is 23.7 Å². The standard InChI is InChI=1S/C15H24/c1-3-5-7-9-11-13-15-14-12-10-8-6-4-2/h3-7,9,11-13H2,1-2H3. The monoisotopic (exact) mass is 204 g/mol. The van der Waals surface area contributed by atoms with Crippen molar-refractivity contribution in [1.82, 2.24) is 0 Å². The highest BCUT2D eigenvalue weighted by Gasteiger charge is 1.85. The topological polar surface area (TPSA) is 0 Å². The maximum atomic E-state index is 3.19. The van der Waals surface area contributed by atoms with E-state index >= 15 is 0 Å². The molecule has 15 heavy (non-hydrogen) atoms. The number of unbranched alkanes of at least 4 members (excludes halogenated alkanes) is 6. The normalized spacial score (nSPS) is 8.67. The lowest BCUT2D eigenvalue weighted by atomic mass is 10.1. The van der Waals surface area contributed by atoms with Crippen LogP contribution in [-0.2, 0) is 0 Å². The molecule has 0 atom stereocenters. The SMILES string of the molecule is CCCC#CCC#CCCCCCCC. The van der Waals surface area contributed by atoms with Crippen LogP contribution in [0.25, 0.3) is 0 Å². The molecular formula is C15H24. The maximum Gasteiger partial charge on any atom is 0.0702 e. The summed E-state index contributed by atoms with van der Waals surface area (Å²) in [6.45, 7) is 4.39. The molecule has 0 amide bonds. The lowest BCUT2D eigenvalue weighted by Gasteiger charge is -1.94. The molecule has 0 aliphatic carbocycles. The molecule has 0 aliphatic heterocycles. The molecule has 0 aromatic rings. The fourth-order valence-corrected chi connectivity index (χ4v) is 1.29. The van der Waals surface area contributed by atoms with Gasteiger partial charge in [-0.05, 0) is 12.8 Å². The van der Waals surface area contributed by atoms with E-state index in [-0.39, 0.29) is 0 Å². The molecule has 0 aromatic carbocycles. The molecule has 0 spiro atoms. The van der Waals surface area contributed by atoms with E-state index in [9.17, 15) is 0 Å². The molecule has 0 nitrogen and oxygen atoms in total. The first-order valence-electron chi connectivity index (χ1n) is 6.33. The lowest BCUT2D eigenvalue weighted by Crippen LogP contribution is -1.76. The lowest BCUT2D eigenvalue weighted by molar-refractivity contribution is 0.641. The molecule has 84 valence electrons. The average molecular weight is 204 g/mol. The van der Waals surface area contributed by atoms with Crippen LogP contribution in [0.4, 0.5) is 0 Å². The largest absolute Gasteiger partial charge is 0.102 e. The fraction of sp³-hybridized carbons (Fsp3) is 0.733. The Bertz CT molecular complexity index is 228. The van der Waals surface area contributed by atoms with E-state index in [1.165, 1.54) is 32.1 Å². The zero-order chi connectivity index (χ0) is 11.2. The number of hydrogen-bond donors (Lipinski definition) is 0. The minimum Gasteiger partial charge on any atom is -0.102 e. The van der Waals surface area contributed by atoms with Crippen molar-refractivity contribution >= 4 is 0 Å². The Labute approximate surface area is 95.8 Å². The molecule has 0 rings (SSSR count). The molecule has 0 heterocycles. The van der Waals surface area contributed by atoms with Gasteiger partial charge in [-0.2, -0.15) is 0 Å². The number of rotatable bonds is 6. The van der Waals surface area contributed by atoms with E-state index in [1.54, 1.807) is 0 Å². The zero-order valence-corrected chi connectivity index (χ0v) is 10.4. The highest BCUT2D eigenvalue weighted by atomic mass is 13.9. The highest BCUT2D eigenvalue weighted by molar-refractivity contribution is 5.11. The maximum absolute atomic E-state index is 3.19. The summed E-state index contributed by atoms with van der Waals surface area (Å²) in [5.41, 5.74) is 0. The van der Waals surface area contributed by atoms with E-state index < -0.39 is 0 Å². The summed E-state index contributed by atoms with van der Waals surface area (Å²) in [7, 11) is 0. The second kappa shape index (κ2) is 13.1. The Hall–Kier alpha value is -0.880. The van der Waals surface area contributed by atoms with Crippen LogP contribution in [0.3, 0.4) is 0 Å². The van der Waals surface area contributed by atoms with Crippen LogP contribution < -0.4 is 0 Å². The van der Waals surface area contributed by atoms with Crippen LogP contribution in [0.1, 0.15) is 71.6 Å². The summed E-state index contributed by atoms with van der Waals surface area (Å²) in [5, 5.41) is 0. The van der Waals surface area contributed by atoms with Crippen molar-refractivity contribution < 1.29 is 0 Å². The van der Waals surface area contributed by atoms with E-state index in [0.717, 1.165) is 25.7 Å². The Morgan fingerprint density at radius 3 is 1.93 bits per heavy atom. The molecule has 0 heteroatoms. The third-order valence-corrected chi connectivity index (χ3v) is 2.21. The zero-order valence-electron chi connectivity index (χ0n) is 10.4. The molecule has 0 aromatic heterocycles. The Kier molecular flexibility index (Phi) is 12.4. The van der Waals surface area contributed by atoms with E-state index in [0.29, 0.717) is 0 Å². The molecule has 0 radical (unpaired) electrons. The van der Waals surface area contributed by atoms with E-state index in [1.807, 2.05) is 0 Å². The van der Waals surface area contributed by atoms with Gasteiger partial charge in [0, 0.05) is 12.8 Å². The Morgan fingerprint density at radius 1 is 0.600 bits per heavy atom. The van der Waals surface area contributed by atoms with Crippen LogP contribution in [-0.4, -0.2) is 0 Å². The smallest absolute Gasteiger partial charge is 0.0702 e. The van der Waals surface area contributed by atoms with Crippen molar-refractivity contribution in [2.24, 2.45) is 0 Å². The van der Waals surface area contributed by atoms with E-state index in [2.05, 4.69) is 37.5 Å². The molecule has 0 unspecified atom stereocenters. The van der Waals surface area contributed by atoms with Crippen molar-refractivity contribution in [1.29, 1.82) is 0 Å². The summed E-state index contributed by atoms with van der Waals surface area (Å²) in [4.78, 5) is 0. The first kappa shape index (κ1) is 14.1. The Morgan fingerprint density at radius 2 is 1.27 bits per heavy atom. The minimum atomic E-state index is 0.759. The molecule has 0 bridgehead atoms. The van der Waals surface area contributed by atoms with Crippen LogP contribution in [0.15, 0.2) is 0 Å². The highest BCUT2D eigenvalue weighted by Crippen LogP contribution is 2.03. The first-order valence-corrected chi connectivity index (χ1v) is 6.33. The predicted molar refractivity (Wildman–Crippen MR) is 68.5 cm³/mol. The van der Waals surface area contributed by atoms with Gasteiger partial charge in [-0.25, -0.2) is 0 Å². The van der Waals surface area contributed by atoms with E-state index in [4.69, 9.17) is 0 Å². The van der Waals surface area contributed by atoms with Crippen molar-refractivity contribution in [3.63, 3.8) is 0 Å². The number of hydrogen-bond acceptors (Lipinski definition) is 0. The third-order valence-electron chi connectivity index (χ3n) is 2.21. The van der Waals surface area contributed by atoms with Crippen LogP contribution in [0.5, 0.6) is 0 Å². The van der Waals surface area contributed by atoms with Gasteiger partial charge in [0.05, 0.1) is 6.42 Å². The summed E-state index contributed by atoms with van der Waals surface area (Å²) in [5.74, 6) is 12.5. The van der Waals surface area contributed by atoms with Gasteiger partial charge in [0.15, 0.2) is 0 Å². The van der Waals surface area contributed by atoms with Gasteiger partial charge in [-0.3, -0.25) is 0 Å². The molecule has 0 saturated carbocycles. The van der Waals surface area contributed by atoms with Gasteiger partial charge in [0.1, 0.15) is 0 Å². The van der Waals surface area contributed by atoms with Gasteiger partial charge in [-0.15, -0.1) is 11.8 Å². The van der Waals surface area contributed by atoms with Crippen LogP contribution in [0, 0.1) is 23.7 Å². The van der Waals surface area contributed by atoms with Gasteiger partial charge in [0.25, 0.3) is 0 Å². The molecular weight excluding hydrogens is 180 g/mol. The van der Waals surface area contributed by atoms with Crippen LogP contribution in [0.2, 0.25) is 0 Å². The molecule has 0 saturated heterocycles. The second-order valence-corrected chi connectivity index (χ2v) is 3.80.